The van der Waals surface area contributed by atoms with Crippen molar-refractivity contribution in [1.82, 2.24) is 24.8 Å². The monoisotopic (exact) mass is 384 g/mol. The fourth-order valence-electron chi connectivity index (χ4n) is 4.11. The Bertz CT molecular complexity index is 1090. The minimum Gasteiger partial charge on any atom is -0.361 e. The first-order valence-electron chi connectivity index (χ1n) is 10.1. The first kappa shape index (κ1) is 17.8. The molecule has 4 heterocycles. The summed E-state index contributed by atoms with van der Waals surface area (Å²) in [5, 5.41) is 4.47. The quantitative estimate of drug-likeness (QED) is 0.531. The summed E-state index contributed by atoms with van der Waals surface area (Å²) in [5.74, 6) is 1.79. The van der Waals surface area contributed by atoms with Gasteiger partial charge in [-0.25, -0.2) is 15.0 Å². The Morgan fingerprint density at radius 2 is 2.07 bits per heavy atom. The molecule has 0 aliphatic carbocycles. The molecule has 0 saturated carbocycles. The van der Waals surface area contributed by atoms with E-state index in [9.17, 15) is 0 Å². The van der Waals surface area contributed by atoms with E-state index in [0.29, 0.717) is 11.9 Å². The van der Waals surface area contributed by atoms with Crippen molar-refractivity contribution >= 4 is 22.7 Å². The lowest BCUT2D eigenvalue weighted by Gasteiger charge is -2.32. The molecule has 1 aromatic carbocycles. The second kappa shape index (κ2) is 8.01. The fourth-order valence-corrected chi connectivity index (χ4v) is 4.11. The fraction of sp³-hybridized carbons (Fsp3) is 0.261. The standard InChI is InChI=1S/C23H24N6/c1-2-10-25-22(5-1)28-23-26-12-9-21(27-23)19-4-3-13-29(16-19)15-17-6-7-20-18(14-17)8-11-24-20/h1-2,5-12,14,19,24H,3-4,13,15-16H2,(H,25,26,27,28)/t19-/m0/s1. The van der Waals surface area contributed by atoms with Crippen LogP contribution in [0.15, 0.2) is 67.1 Å². The van der Waals surface area contributed by atoms with Crippen molar-refractivity contribution in [2.75, 3.05) is 18.4 Å². The molecule has 4 aromatic rings. The Morgan fingerprint density at radius 3 is 3.00 bits per heavy atom. The van der Waals surface area contributed by atoms with E-state index in [1.807, 2.05) is 36.7 Å². The van der Waals surface area contributed by atoms with E-state index >= 15 is 0 Å². The predicted molar refractivity (Wildman–Crippen MR) is 115 cm³/mol. The lowest BCUT2D eigenvalue weighted by molar-refractivity contribution is 0.198. The minimum absolute atomic E-state index is 0.423. The van der Waals surface area contributed by atoms with E-state index in [-0.39, 0.29) is 0 Å². The number of benzene rings is 1. The van der Waals surface area contributed by atoms with Gasteiger partial charge in [0.05, 0.1) is 5.69 Å². The van der Waals surface area contributed by atoms with Crippen molar-refractivity contribution in [2.24, 2.45) is 0 Å². The van der Waals surface area contributed by atoms with E-state index in [2.05, 4.69) is 49.4 Å². The van der Waals surface area contributed by atoms with Crippen LogP contribution in [0, 0.1) is 0 Å². The molecular formula is C23H24N6. The number of rotatable bonds is 5. The summed E-state index contributed by atoms with van der Waals surface area (Å²) in [5.41, 5.74) is 3.65. The third kappa shape index (κ3) is 4.12. The molecule has 0 bridgehead atoms. The zero-order valence-corrected chi connectivity index (χ0v) is 16.3. The van der Waals surface area contributed by atoms with Crippen molar-refractivity contribution in [3.8, 4) is 0 Å². The number of hydrogen-bond donors (Lipinski definition) is 2. The third-order valence-electron chi connectivity index (χ3n) is 5.53. The number of pyridine rings is 1. The molecular weight excluding hydrogens is 360 g/mol. The molecule has 0 spiro atoms. The summed E-state index contributed by atoms with van der Waals surface area (Å²) in [6, 6.07) is 16.6. The SMILES string of the molecule is c1ccc(Nc2nccc([C@H]3CCCN(Cc4ccc5[nH]ccc5c4)C3)n2)nc1. The van der Waals surface area contributed by atoms with Crippen molar-refractivity contribution in [3.05, 3.63) is 78.4 Å². The number of fused-ring (bicyclic) bond motifs is 1. The number of anilines is 2. The maximum absolute atomic E-state index is 4.77. The summed E-state index contributed by atoms with van der Waals surface area (Å²) in [6.45, 7) is 3.12. The van der Waals surface area contributed by atoms with Crippen molar-refractivity contribution < 1.29 is 0 Å². The van der Waals surface area contributed by atoms with Gasteiger partial charge in [-0.15, -0.1) is 0 Å². The largest absolute Gasteiger partial charge is 0.361 e. The molecule has 0 radical (unpaired) electrons. The van der Waals surface area contributed by atoms with Crippen molar-refractivity contribution in [1.29, 1.82) is 0 Å². The van der Waals surface area contributed by atoms with Gasteiger partial charge in [0.2, 0.25) is 5.95 Å². The van der Waals surface area contributed by atoms with Crippen LogP contribution >= 0.6 is 0 Å². The Morgan fingerprint density at radius 1 is 1.07 bits per heavy atom. The Kier molecular flexibility index (Phi) is 4.92. The summed E-state index contributed by atoms with van der Waals surface area (Å²) < 4.78 is 0. The molecule has 2 N–H and O–H groups in total. The molecule has 29 heavy (non-hydrogen) atoms. The number of aromatic nitrogens is 4. The van der Waals surface area contributed by atoms with Gasteiger partial charge in [0.25, 0.3) is 0 Å². The van der Waals surface area contributed by atoms with Crippen LogP contribution in [0.2, 0.25) is 0 Å². The Balaban J connectivity index is 1.28. The van der Waals surface area contributed by atoms with Crippen LogP contribution in [0.5, 0.6) is 0 Å². The number of likely N-dealkylation sites (tertiary alicyclic amines) is 1. The van der Waals surface area contributed by atoms with Gasteiger partial charge in [0.1, 0.15) is 5.82 Å². The molecule has 1 aliphatic rings. The normalized spacial score (nSPS) is 17.4. The number of piperidine rings is 1. The maximum atomic E-state index is 4.77. The van der Waals surface area contributed by atoms with Gasteiger partial charge in [-0.05, 0) is 66.7 Å². The minimum atomic E-state index is 0.423. The van der Waals surface area contributed by atoms with Crippen LogP contribution in [0.3, 0.4) is 0 Å². The third-order valence-corrected chi connectivity index (χ3v) is 5.53. The van der Waals surface area contributed by atoms with Crippen molar-refractivity contribution in [2.45, 2.75) is 25.3 Å². The second-order valence-electron chi connectivity index (χ2n) is 7.62. The van der Waals surface area contributed by atoms with Gasteiger partial charge in [0, 0.05) is 43.1 Å². The molecule has 3 aromatic heterocycles. The van der Waals surface area contributed by atoms with Crippen LogP contribution in [-0.4, -0.2) is 37.9 Å². The van der Waals surface area contributed by atoms with E-state index < -0.39 is 0 Å². The first-order valence-corrected chi connectivity index (χ1v) is 10.1. The molecule has 6 heteroatoms. The molecule has 146 valence electrons. The van der Waals surface area contributed by atoms with E-state index in [0.717, 1.165) is 37.6 Å². The van der Waals surface area contributed by atoms with Gasteiger partial charge < -0.3 is 10.3 Å². The van der Waals surface area contributed by atoms with Gasteiger partial charge >= 0.3 is 0 Å². The first-order chi connectivity index (χ1) is 14.3. The highest BCUT2D eigenvalue weighted by atomic mass is 15.2. The maximum Gasteiger partial charge on any atom is 0.228 e. The molecule has 1 atom stereocenters. The van der Waals surface area contributed by atoms with Crippen LogP contribution in [-0.2, 0) is 6.54 Å². The number of H-pyrrole nitrogens is 1. The molecule has 1 saturated heterocycles. The van der Waals surface area contributed by atoms with Gasteiger partial charge in [-0.3, -0.25) is 4.90 Å². The summed E-state index contributed by atoms with van der Waals surface area (Å²) in [4.78, 5) is 19.2. The summed E-state index contributed by atoms with van der Waals surface area (Å²) in [7, 11) is 0. The van der Waals surface area contributed by atoms with E-state index in [1.54, 1.807) is 6.20 Å². The van der Waals surface area contributed by atoms with Crippen LogP contribution in [0.4, 0.5) is 11.8 Å². The topological polar surface area (TPSA) is 69.7 Å². The Hall–Kier alpha value is -3.25. The summed E-state index contributed by atoms with van der Waals surface area (Å²) in [6.07, 6.45) is 7.94. The lowest BCUT2D eigenvalue weighted by atomic mass is 9.94. The number of nitrogens with one attached hydrogen (secondary N) is 2. The van der Waals surface area contributed by atoms with Crippen molar-refractivity contribution in [3.63, 3.8) is 0 Å². The van der Waals surface area contributed by atoms with Gasteiger partial charge in [-0.1, -0.05) is 12.1 Å². The van der Waals surface area contributed by atoms with Crippen LogP contribution < -0.4 is 5.32 Å². The highest BCUT2D eigenvalue weighted by molar-refractivity contribution is 5.79. The number of hydrogen-bond acceptors (Lipinski definition) is 5. The molecule has 0 amide bonds. The molecule has 1 fully saturated rings. The van der Waals surface area contributed by atoms with Crippen LogP contribution in [0.1, 0.15) is 30.0 Å². The molecule has 1 aliphatic heterocycles. The molecule has 6 nitrogen and oxygen atoms in total. The van der Waals surface area contributed by atoms with Gasteiger partial charge in [-0.2, -0.15) is 0 Å². The number of nitrogens with zero attached hydrogens (tertiary/aromatic N) is 4. The zero-order valence-electron chi connectivity index (χ0n) is 16.3. The molecule has 5 rings (SSSR count). The van der Waals surface area contributed by atoms with Crippen LogP contribution in [0.25, 0.3) is 10.9 Å². The average molecular weight is 384 g/mol. The average Bonchev–Trinajstić information content (AvgIpc) is 3.23. The van der Waals surface area contributed by atoms with E-state index in [4.69, 9.17) is 4.98 Å². The highest BCUT2D eigenvalue weighted by Gasteiger charge is 2.23. The number of aromatic amines is 1. The van der Waals surface area contributed by atoms with Gasteiger partial charge in [0.15, 0.2) is 0 Å². The Labute approximate surface area is 170 Å². The molecule has 0 unspecified atom stereocenters. The predicted octanol–water partition coefficient (Wildman–Crippen LogP) is 4.48. The second-order valence-corrected chi connectivity index (χ2v) is 7.62. The zero-order chi connectivity index (χ0) is 19.5. The summed E-state index contributed by atoms with van der Waals surface area (Å²) >= 11 is 0. The highest BCUT2D eigenvalue weighted by Crippen LogP contribution is 2.27. The van der Waals surface area contributed by atoms with E-state index in [1.165, 1.54) is 22.9 Å². The lowest BCUT2D eigenvalue weighted by Crippen LogP contribution is -2.34. The smallest absolute Gasteiger partial charge is 0.228 e.